The van der Waals surface area contributed by atoms with E-state index in [4.69, 9.17) is 0 Å². The second kappa shape index (κ2) is 4.44. The van der Waals surface area contributed by atoms with Crippen LogP contribution in [-0.4, -0.2) is 42.4 Å². The van der Waals surface area contributed by atoms with Crippen molar-refractivity contribution in [1.29, 1.82) is 0 Å². The van der Waals surface area contributed by atoms with E-state index in [1.165, 1.54) is 0 Å². The van der Waals surface area contributed by atoms with E-state index in [0.717, 1.165) is 32.5 Å². The maximum absolute atomic E-state index is 13.2. The number of amides is 1. The second-order valence-electron chi connectivity index (χ2n) is 5.96. The minimum atomic E-state index is -2.62. The summed E-state index contributed by atoms with van der Waals surface area (Å²) in [6.07, 6.45) is 2.16. The first kappa shape index (κ1) is 12.3. The first-order valence-corrected chi connectivity index (χ1v) is 6.96. The molecule has 1 aliphatic carbocycles. The molecule has 3 unspecified atom stereocenters. The highest BCUT2D eigenvalue weighted by molar-refractivity contribution is 5.79. The van der Waals surface area contributed by atoms with E-state index in [2.05, 4.69) is 5.32 Å². The highest BCUT2D eigenvalue weighted by Gasteiger charge is 2.46. The molecule has 18 heavy (non-hydrogen) atoms. The predicted octanol–water partition coefficient (Wildman–Crippen LogP) is 1.63. The molecule has 0 radical (unpaired) electrons. The van der Waals surface area contributed by atoms with Crippen LogP contribution in [0.2, 0.25) is 0 Å². The summed E-state index contributed by atoms with van der Waals surface area (Å²) >= 11 is 0. The van der Waals surface area contributed by atoms with Crippen LogP contribution >= 0.6 is 0 Å². The third-order valence-electron chi connectivity index (χ3n) is 4.71. The molecule has 3 rings (SSSR count). The third-order valence-corrected chi connectivity index (χ3v) is 4.71. The largest absolute Gasteiger partial charge is 0.338 e. The van der Waals surface area contributed by atoms with Crippen LogP contribution in [0.15, 0.2) is 0 Å². The summed E-state index contributed by atoms with van der Waals surface area (Å²) < 4.78 is 26.4. The van der Waals surface area contributed by atoms with Gasteiger partial charge in [-0.25, -0.2) is 8.78 Å². The average molecular weight is 258 g/mol. The van der Waals surface area contributed by atoms with Crippen molar-refractivity contribution >= 4 is 5.91 Å². The fourth-order valence-corrected chi connectivity index (χ4v) is 3.74. The Kier molecular flexibility index (Phi) is 3.04. The maximum atomic E-state index is 13.2. The summed E-state index contributed by atoms with van der Waals surface area (Å²) in [5.41, 5.74) is 0. The van der Waals surface area contributed by atoms with Crippen molar-refractivity contribution < 1.29 is 13.6 Å². The minimum Gasteiger partial charge on any atom is -0.338 e. The Morgan fingerprint density at radius 3 is 2.83 bits per heavy atom. The van der Waals surface area contributed by atoms with Crippen LogP contribution in [0.4, 0.5) is 8.78 Å². The number of halogens is 2. The normalized spacial score (nSPS) is 38.8. The Morgan fingerprint density at radius 1 is 1.28 bits per heavy atom. The molecule has 2 aliphatic heterocycles. The quantitative estimate of drug-likeness (QED) is 0.775. The molecule has 5 heteroatoms. The van der Waals surface area contributed by atoms with E-state index >= 15 is 0 Å². The number of carbonyl (C=O) groups excluding carboxylic acids is 1. The van der Waals surface area contributed by atoms with Gasteiger partial charge in [0.1, 0.15) is 0 Å². The molecular formula is C13H20F2N2O. The minimum absolute atomic E-state index is 0.0226. The zero-order valence-electron chi connectivity index (χ0n) is 10.5. The van der Waals surface area contributed by atoms with Gasteiger partial charge in [-0.05, 0) is 25.2 Å². The van der Waals surface area contributed by atoms with Gasteiger partial charge in [0.15, 0.2) is 0 Å². The summed E-state index contributed by atoms with van der Waals surface area (Å²) in [5.74, 6) is -2.56. The molecule has 2 saturated heterocycles. The maximum Gasteiger partial charge on any atom is 0.248 e. The number of nitrogens with one attached hydrogen (secondary N) is 1. The van der Waals surface area contributed by atoms with Crippen molar-refractivity contribution in [1.82, 2.24) is 10.2 Å². The number of hydrogen-bond donors (Lipinski definition) is 1. The first-order valence-electron chi connectivity index (χ1n) is 6.96. The zero-order valence-corrected chi connectivity index (χ0v) is 10.5. The van der Waals surface area contributed by atoms with Gasteiger partial charge in [-0.2, -0.15) is 0 Å². The van der Waals surface area contributed by atoms with E-state index in [1.807, 2.05) is 4.90 Å². The van der Waals surface area contributed by atoms with Crippen molar-refractivity contribution in [2.45, 2.75) is 44.1 Å². The molecule has 3 fully saturated rings. The molecular weight excluding hydrogens is 238 g/mol. The predicted molar refractivity (Wildman–Crippen MR) is 63.4 cm³/mol. The highest BCUT2D eigenvalue weighted by atomic mass is 19.3. The number of fused-ring (bicyclic) bond motifs is 1. The van der Waals surface area contributed by atoms with Crippen molar-refractivity contribution in [3.05, 3.63) is 0 Å². The molecule has 1 N–H and O–H groups in total. The first-order chi connectivity index (χ1) is 8.57. The van der Waals surface area contributed by atoms with Gasteiger partial charge >= 0.3 is 0 Å². The van der Waals surface area contributed by atoms with Gasteiger partial charge < -0.3 is 10.2 Å². The van der Waals surface area contributed by atoms with Crippen LogP contribution in [-0.2, 0) is 4.79 Å². The Bertz CT molecular complexity index is 348. The van der Waals surface area contributed by atoms with Crippen LogP contribution in [0, 0.1) is 11.8 Å². The SMILES string of the molecule is O=C(C1CCC(F)(F)C1)N1CCCC2CNCC21. The molecule has 1 amide bonds. The van der Waals surface area contributed by atoms with Crippen molar-refractivity contribution in [2.24, 2.45) is 11.8 Å². The number of carbonyl (C=O) groups is 1. The lowest BCUT2D eigenvalue weighted by molar-refractivity contribution is -0.140. The van der Waals surface area contributed by atoms with Crippen molar-refractivity contribution in [3.63, 3.8) is 0 Å². The highest BCUT2D eigenvalue weighted by Crippen LogP contribution is 2.40. The monoisotopic (exact) mass is 258 g/mol. The standard InChI is InChI=1S/C13H20F2N2O/c14-13(15)4-3-9(6-13)12(18)17-5-1-2-10-7-16-8-11(10)17/h9-11,16H,1-8H2. The van der Waals surface area contributed by atoms with E-state index in [-0.39, 0.29) is 24.8 Å². The van der Waals surface area contributed by atoms with Crippen LogP contribution in [0.5, 0.6) is 0 Å². The molecule has 0 aromatic heterocycles. The van der Waals surface area contributed by atoms with Crippen LogP contribution in [0.3, 0.4) is 0 Å². The number of hydrogen-bond acceptors (Lipinski definition) is 2. The molecule has 3 aliphatic rings. The zero-order chi connectivity index (χ0) is 12.8. The van der Waals surface area contributed by atoms with E-state index < -0.39 is 11.8 Å². The lowest BCUT2D eigenvalue weighted by Crippen LogP contribution is -2.50. The van der Waals surface area contributed by atoms with Gasteiger partial charge in [-0.15, -0.1) is 0 Å². The second-order valence-corrected chi connectivity index (χ2v) is 5.96. The molecule has 3 nitrogen and oxygen atoms in total. The number of rotatable bonds is 1. The summed E-state index contributed by atoms with van der Waals surface area (Å²) in [7, 11) is 0. The Balaban J connectivity index is 1.68. The summed E-state index contributed by atoms with van der Waals surface area (Å²) in [6.45, 7) is 2.55. The van der Waals surface area contributed by atoms with Gasteiger partial charge in [0.2, 0.25) is 11.8 Å². The Morgan fingerprint density at radius 2 is 2.11 bits per heavy atom. The Labute approximate surface area is 106 Å². The summed E-state index contributed by atoms with van der Waals surface area (Å²) in [6, 6.07) is 0.250. The lowest BCUT2D eigenvalue weighted by atomic mass is 9.90. The molecule has 102 valence electrons. The Hall–Kier alpha value is -0.710. The smallest absolute Gasteiger partial charge is 0.248 e. The number of likely N-dealkylation sites (tertiary alicyclic amines) is 1. The van der Waals surface area contributed by atoms with Crippen molar-refractivity contribution in [3.8, 4) is 0 Å². The molecule has 0 spiro atoms. The van der Waals surface area contributed by atoms with Gasteiger partial charge in [-0.3, -0.25) is 4.79 Å². The van der Waals surface area contributed by atoms with E-state index in [0.29, 0.717) is 12.3 Å². The number of piperidine rings is 1. The van der Waals surface area contributed by atoms with Crippen LogP contribution in [0.1, 0.15) is 32.1 Å². The summed E-state index contributed by atoms with van der Waals surface area (Å²) in [5, 5.41) is 3.31. The van der Waals surface area contributed by atoms with Gasteiger partial charge in [0, 0.05) is 44.4 Å². The fraction of sp³-hybridized carbons (Fsp3) is 0.923. The molecule has 0 bridgehead atoms. The topological polar surface area (TPSA) is 32.3 Å². The van der Waals surface area contributed by atoms with Crippen LogP contribution < -0.4 is 5.32 Å². The third kappa shape index (κ3) is 2.13. The molecule has 2 heterocycles. The van der Waals surface area contributed by atoms with Gasteiger partial charge in [-0.1, -0.05) is 0 Å². The fourth-order valence-electron chi connectivity index (χ4n) is 3.74. The number of alkyl halides is 2. The van der Waals surface area contributed by atoms with Crippen molar-refractivity contribution in [2.75, 3.05) is 19.6 Å². The average Bonchev–Trinajstić information content (AvgIpc) is 2.93. The molecule has 0 aromatic carbocycles. The number of nitrogens with zero attached hydrogens (tertiary/aromatic N) is 1. The molecule has 0 aromatic rings. The van der Waals surface area contributed by atoms with E-state index in [1.54, 1.807) is 0 Å². The summed E-state index contributed by atoms with van der Waals surface area (Å²) in [4.78, 5) is 14.3. The van der Waals surface area contributed by atoms with E-state index in [9.17, 15) is 13.6 Å². The molecule has 1 saturated carbocycles. The molecule has 3 atom stereocenters. The van der Waals surface area contributed by atoms with Gasteiger partial charge in [0.25, 0.3) is 0 Å². The van der Waals surface area contributed by atoms with Gasteiger partial charge in [0.05, 0.1) is 0 Å². The van der Waals surface area contributed by atoms with Crippen LogP contribution in [0.25, 0.3) is 0 Å². The lowest BCUT2D eigenvalue weighted by Gasteiger charge is -2.38.